The van der Waals surface area contributed by atoms with Crippen LogP contribution in [0.5, 0.6) is 0 Å². The van der Waals surface area contributed by atoms with E-state index in [0.717, 1.165) is 12.8 Å². The molecule has 0 unspecified atom stereocenters. The van der Waals surface area contributed by atoms with Crippen molar-refractivity contribution in [1.82, 2.24) is 0 Å². The second-order valence-corrected chi connectivity index (χ2v) is 26.7. The van der Waals surface area contributed by atoms with E-state index in [2.05, 4.69) is 238 Å². The SMILES string of the molecule is Cc1cc2c3c(c1)N(c1ccc(C(C)(C)C)cc1-c1ccc4c(c1)C(C)(C)CC4(C)C)c1cc4c(cc1B3c1cc(C(C)(C)C)ccc1N2c1ccc(C(C)(C)C)cc1)C(C)(C)CC4(C)C. The van der Waals surface area contributed by atoms with Crippen LogP contribution in [0.25, 0.3) is 11.1 Å². The molecule has 4 aliphatic rings. The van der Waals surface area contributed by atoms with Gasteiger partial charge in [-0.2, -0.15) is 0 Å². The van der Waals surface area contributed by atoms with E-state index in [1.54, 1.807) is 0 Å². The summed E-state index contributed by atoms with van der Waals surface area (Å²) in [5.41, 5.74) is 26.0. The van der Waals surface area contributed by atoms with Crippen molar-refractivity contribution in [3.8, 4) is 11.1 Å². The second kappa shape index (κ2) is 14.0. The van der Waals surface area contributed by atoms with Crippen molar-refractivity contribution < 1.29 is 0 Å². The molecule has 0 N–H and O–H groups in total. The van der Waals surface area contributed by atoms with Crippen LogP contribution in [0.4, 0.5) is 34.1 Å². The van der Waals surface area contributed by atoms with Gasteiger partial charge < -0.3 is 9.80 Å². The van der Waals surface area contributed by atoms with Gasteiger partial charge in [0.15, 0.2) is 0 Å². The minimum Gasteiger partial charge on any atom is -0.311 e. The Balaban J connectivity index is 1.32. The van der Waals surface area contributed by atoms with Gasteiger partial charge in [-0.15, -0.1) is 0 Å². The maximum atomic E-state index is 2.71. The zero-order chi connectivity index (χ0) is 47.6. The van der Waals surface area contributed by atoms with Crippen LogP contribution in [0.15, 0.2) is 103 Å². The number of hydrogen-bond acceptors (Lipinski definition) is 2. The molecule has 0 bridgehead atoms. The number of anilines is 6. The molecule has 66 heavy (non-hydrogen) atoms. The minimum atomic E-state index is -0.0212. The summed E-state index contributed by atoms with van der Waals surface area (Å²) in [5, 5.41) is 0. The van der Waals surface area contributed by atoms with Gasteiger partial charge in [0.05, 0.1) is 5.69 Å². The van der Waals surface area contributed by atoms with Crippen molar-refractivity contribution in [2.24, 2.45) is 0 Å². The molecule has 340 valence electrons. The fraction of sp³-hybridized carbons (Fsp3) is 0.429. The Morgan fingerprint density at radius 3 is 1.45 bits per heavy atom. The number of benzene rings is 6. The molecule has 0 saturated carbocycles. The molecular weight excluding hydrogens is 796 g/mol. The number of nitrogens with zero attached hydrogens (tertiary/aromatic N) is 2. The summed E-state index contributed by atoms with van der Waals surface area (Å²) in [6.07, 6.45) is 2.27. The van der Waals surface area contributed by atoms with Gasteiger partial charge in [0.1, 0.15) is 0 Å². The van der Waals surface area contributed by atoms with Gasteiger partial charge in [-0.25, -0.2) is 0 Å². The van der Waals surface area contributed by atoms with Crippen LogP contribution < -0.4 is 26.2 Å². The van der Waals surface area contributed by atoms with E-state index >= 15 is 0 Å². The van der Waals surface area contributed by atoms with Crippen LogP contribution in [0, 0.1) is 6.92 Å². The first-order valence-electron chi connectivity index (χ1n) is 25.0. The molecule has 0 saturated heterocycles. The number of hydrogen-bond donors (Lipinski definition) is 0. The Kier molecular flexibility index (Phi) is 9.52. The third-order valence-electron chi connectivity index (χ3n) is 16.3. The monoisotopic (exact) mass is 871 g/mol. The molecule has 2 aliphatic carbocycles. The quantitative estimate of drug-likeness (QED) is 0.163. The van der Waals surface area contributed by atoms with E-state index in [0.29, 0.717) is 0 Å². The van der Waals surface area contributed by atoms with Gasteiger partial charge in [-0.1, -0.05) is 172 Å². The molecule has 0 fully saturated rings. The van der Waals surface area contributed by atoms with Crippen molar-refractivity contribution in [3.05, 3.63) is 148 Å². The summed E-state index contributed by atoms with van der Waals surface area (Å²) in [7, 11) is 0. The van der Waals surface area contributed by atoms with Gasteiger partial charge in [-0.05, 0) is 173 Å². The summed E-state index contributed by atoms with van der Waals surface area (Å²) < 4.78 is 0. The van der Waals surface area contributed by atoms with Crippen molar-refractivity contribution in [2.45, 2.75) is 175 Å². The topological polar surface area (TPSA) is 6.48 Å². The maximum Gasteiger partial charge on any atom is 0.252 e. The van der Waals surface area contributed by atoms with Crippen LogP contribution in [-0.2, 0) is 37.9 Å². The summed E-state index contributed by atoms with van der Waals surface area (Å²) in [4.78, 5) is 5.30. The highest BCUT2D eigenvalue weighted by molar-refractivity contribution is 7.00. The lowest BCUT2D eigenvalue weighted by molar-refractivity contribution is 0.403. The van der Waals surface area contributed by atoms with Crippen molar-refractivity contribution >= 4 is 57.2 Å². The van der Waals surface area contributed by atoms with Gasteiger partial charge in [0.2, 0.25) is 0 Å². The predicted octanol–water partition coefficient (Wildman–Crippen LogP) is 15.6. The third-order valence-corrected chi connectivity index (χ3v) is 16.3. The van der Waals surface area contributed by atoms with E-state index in [1.165, 1.54) is 106 Å². The summed E-state index contributed by atoms with van der Waals surface area (Å²) in [5.74, 6) is 0. The van der Waals surface area contributed by atoms with E-state index in [9.17, 15) is 0 Å². The van der Waals surface area contributed by atoms with Crippen molar-refractivity contribution in [3.63, 3.8) is 0 Å². The van der Waals surface area contributed by atoms with Crippen molar-refractivity contribution in [2.75, 3.05) is 9.80 Å². The number of fused-ring (bicyclic) bond motifs is 6. The lowest BCUT2D eigenvalue weighted by Gasteiger charge is -2.45. The Hall–Kier alpha value is -5.02. The van der Waals surface area contributed by atoms with Crippen LogP contribution >= 0.6 is 0 Å². The Labute approximate surface area is 399 Å². The molecule has 0 amide bonds. The molecule has 3 heteroatoms. The molecule has 2 nitrogen and oxygen atoms in total. The summed E-state index contributed by atoms with van der Waals surface area (Å²) >= 11 is 0. The second-order valence-electron chi connectivity index (χ2n) is 26.7. The lowest BCUT2D eigenvalue weighted by Crippen LogP contribution is -2.61. The fourth-order valence-corrected chi connectivity index (χ4v) is 13.3. The largest absolute Gasteiger partial charge is 0.311 e. The molecule has 0 aromatic heterocycles. The predicted molar refractivity (Wildman–Crippen MR) is 288 cm³/mol. The van der Waals surface area contributed by atoms with E-state index < -0.39 is 0 Å². The Bertz CT molecular complexity index is 2990. The molecule has 10 rings (SSSR count). The molecule has 2 aliphatic heterocycles. The first-order valence-corrected chi connectivity index (χ1v) is 25.0. The van der Waals surface area contributed by atoms with Crippen LogP contribution in [0.1, 0.15) is 175 Å². The highest BCUT2D eigenvalue weighted by atomic mass is 15.2. The smallest absolute Gasteiger partial charge is 0.252 e. The summed E-state index contributed by atoms with van der Waals surface area (Å²) in [6, 6.07) is 42.0. The van der Waals surface area contributed by atoms with E-state index in [-0.39, 0.29) is 44.6 Å². The zero-order valence-corrected chi connectivity index (χ0v) is 43.7. The zero-order valence-electron chi connectivity index (χ0n) is 43.7. The Morgan fingerprint density at radius 1 is 0.409 bits per heavy atom. The van der Waals surface area contributed by atoms with Gasteiger partial charge in [-0.3, -0.25) is 0 Å². The normalized spacial score (nSPS) is 18.4. The van der Waals surface area contributed by atoms with Crippen molar-refractivity contribution in [1.29, 1.82) is 0 Å². The highest BCUT2D eigenvalue weighted by Crippen LogP contribution is 2.55. The molecule has 0 atom stereocenters. The van der Waals surface area contributed by atoms with E-state index in [1.807, 2.05) is 0 Å². The molecule has 6 aromatic carbocycles. The molecule has 0 spiro atoms. The van der Waals surface area contributed by atoms with Gasteiger partial charge in [0.25, 0.3) is 6.71 Å². The average Bonchev–Trinajstić information content (AvgIpc) is 3.52. The third kappa shape index (κ3) is 6.86. The maximum absolute atomic E-state index is 2.71. The fourth-order valence-electron chi connectivity index (χ4n) is 13.3. The first kappa shape index (κ1) is 44.8. The van der Waals surface area contributed by atoms with Crippen LogP contribution in [0.3, 0.4) is 0 Å². The average molecular weight is 871 g/mol. The number of rotatable bonds is 3. The first-order chi connectivity index (χ1) is 30.5. The minimum absolute atomic E-state index is 0.0125. The molecular formula is C63H75BN2. The highest BCUT2D eigenvalue weighted by Gasteiger charge is 2.49. The molecule has 0 radical (unpaired) electrons. The van der Waals surface area contributed by atoms with Crippen LogP contribution in [0.2, 0.25) is 0 Å². The summed E-state index contributed by atoms with van der Waals surface area (Å²) in [6.45, 7) is 43.1. The van der Waals surface area contributed by atoms with E-state index in [4.69, 9.17) is 0 Å². The molecule has 6 aromatic rings. The standard InChI is InChI=1S/C63H75BN2/c1-38-29-54-56-55(30-38)66(51-27-22-41(58(5,6)7)32-44(51)39-19-26-45-46(31-39)61(13,14)36-60(45,11)12)53-35-48-47(62(15,16)37-63(48,17)18)34-50(53)64(56)49-33-42(59(8,9)10)23-28-52(49)65(54)43-24-20-40(21-25-43)57(2,3)4/h19-35H,36-37H2,1-18H3. The Morgan fingerprint density at radius 2 is 0.879 bits per heavy atom. The van der Waals surface area contributed by atoms with Crippen LogP contribution in [-0.4, -0.2) is 6.71 Å². The molecule has 2 heterocycles. The number of aryl methyl sites for hydroxylation is 1. The lowest BCUT2D eigenvalue weighted by atomic mass is 9.33. The van der Waals surface area contributed by atoms with Gasteiger partial charge >= 0.3 is 0 Å². The van der Waals surface area contributed by atoms with Gasteiger partial charge in [0, 0.05) is 34.0 Å².